The fraction of sp³-hybridized carbons (Fsp3) is 0.667. The number of β-amino-alcohol motifs (C(OH)–C–C–N with tert-alkyl or cyclic N) is 1. The SMILES string of the molecule is CCNC(=NCc1ccc(CN2CCCC(C)C2)cc1)N1CC[C@@H](O)C1. The molecule has 2 saturated heterocycles. The minimum absolute atomic E-state index is 0.226. The number of guanidine groups is 1. The van der Waals surface area contributed by atoms with Crippen molar-refractivity contribution in [1.29, 1.82) is 0 Å². The van der Waals surface area contributed by atoms with Crippen molar-refractivity contribution in [2.45, 2.75) is 52.3 Å². The Kier molecular flexibility index (Phi) is 6.92. The Hall–Kier alpha value is -1.59. The number of hydrogen-bond donors (Lipinski definition) is 2. The van der Waals surface area contributed by atoms with E-state index < -0.39 is 0 Å². The standard InChI is InChI=1S/C21H34N4O/c1-3-22-21(25-12-10-20(26)16-25)23-13-18-6-8-19(9-7-18)15-24-11-4-5-17(2)14-24/h6-9,17,20,26H,3-5,10-16H2,1-2H3,(H,22,23)/t17?,20-/m1/s1. The number of likely N-dealkylation sites (tertiary alicyclic amines) is 2. The van der Waals surface area contributed by atoms with E-state index >= 15 is 0 Å². The van der Waals surface area contributed by atoms with Gasteiger partial charge in [0.15, 0.2) is 5.96 Å². The van der Waals surface area contributed by atoms with Gasteiger partial charge in [-0.05, 0) is 49.8 Å². The van der Waals surface area contributed by atoms with Crippen LogP contribution in [-0.2, 0) is 13.1 Å². The quantitative estimate of drug-likeness (QED) is 0.627. The van der Waals surface area contributed by atoms with Crippen molar-refractivity contribution in [2.24, 2.45) is 10.9 Å². The van der Waals surface area contributed by atoms with Crippen LogP contribution >= 0.6 is 0 Å². The smallest absolute Gasteiger partial charge is 0.194 e. The summed E-state index contributed by atoms with van der Waals surface area (Å²) in [6, 6.07) is 8.90. The molecule has 2 fully saturated rings. The van der Waals surface area contributed by atoms with E-state index in [-0.39, 0.29) is 6.10 Å². The average molecular weight is 359 g/mol. The van der Waals surface area contributed by atoms with Crippen molar-refractivity contribution in [2.75, 3.05) is 32.7 Å². The van der Waals surface area contributed by atoms with Crippen molar-refractivity contribution in [1.82, 2.24) is 15.1 Å². The Labute approximate surface area is 158 Å². The Morgan fingerprint density at radius 3 is 2.58 bits per heavy atom. The first-order valence-electron chi connectivity index (χ1n) is 10.2. The Bertz CT molecular complexity index is 586. The fourth-order valence-corrected chi connectivity index (χ4v) is 3.96. The van der Waals surface area contributed by atoms with Crippen LogP contribution in [0.2, 0.25) is 0 Å². The first-order valence-corrected chi connectivity index (χ1v) is 10.2. The summed E-state index contributed by atoms with van der Waals surface area (Å²) >= 11 is 0. The van der Waals surface area contributed by atoms with E-state index in [4.69, 9.17) is 4.99 Å². The highest BCUT2D eigenvalue weighted by Gasteiger charge is 2.22. The van der Waals surface area contributed by atoms with Crippen molar-refractivity contribution in [3.05, 3.63) is 35.4 Å². The number of rotatable bonds is 5. The number of nitrogens with one attached hydrogen (secondary N) is 1. The second kappa shape index (κ2) is 9.38. The van der Waals surface area contributed by atoms with Crippen LogP contribution in [0, 0.1) is 5.92 Å². The molecule has 0 spiro atoms. The predicted octanol–water partition coefficient (Wildman–Crippen LogP) is 2.45. The molecule has 2 N–H and O–H groups in total. The molecule has 0 radical (unpaired) electrons. The van der Waals surface area contributed by atoms with Gasteiger partial charge in [0.05, 0.1) is 12.6 Å². The average Bonchev–Trinajstić information content (AvgIpc) is 3.06. The van der Waals surface area contributed by atoms with Gasteiger partial charge in [-0.2, -0.15) is 0 Å². The van der Waals surface area contributed by atoms with Crippen LogP contribution in [0.4, 0.5) is 0 Å². The lowest BCUT2D eigenvalue weighted by atomic mass is 9.99. The molecule has 1 aromatic rings. The van der Waals surface area contributed by atoms with Gasteiger partial charge in [-0.25, -0.2) is 4.99 Å². The van der Waals surface area contributed by atoms with Gasteiger partial charge < -0.3 is 15.3 Å². The van der Waals surface area contributed by atoms with Gasteiger partial charge in [0.2, 0.25) is 0 Å². The van der Waals surface area contributed by atoms with Crippen molar-refractivity contribution in [3.63, 3.8) is 0 Å². The monoisotopic (exact) mass is 358 g/mol. The molecule has 3 rings (SSSR count). The topological polar surface area (TPSA) is 51.1 Å². The Balaban J connectivity index is 1.55. The normalized spacial score (nSPS) is 24.9. The zero-order valence-electron chi connectivity index (χ0n) is 16.3. The van der Waals surface area contributed by atoms with Crippen LogP contribution in [0.3, 0.4) is 0 Å². The van der Waals surface area contributed by atoms with Crippen LogP contribution in [0.15, 0.2) is 29.3 Å². The number of hydrogen-bond acceptors (Lipinski definition) is 3. The van der Waals surface area contributed by atoms with Gasteiger partial charge in [0.1, 0.15) is 0 Å². The molecule has 0 bridgehead atoms. The zero-order chi connectivity index (χ0) is 18.4. The van der Waals surface area contributed by atoms with Crippen LogP contribution in [0.1, 0.15) is 44.2 Å². The summed E-state index contributed by atoms with van der Waals surface area (Å²) in [5.74, 6) is 1.74. The lowest BCUT2D eigenvalue weighted by molar-refractivity contribution is 0.176. The zero-order valence-corrected chi connectivity index (χ0v) is 16.3. The summed E-state index contributed by atoms with van der Waals surface area (Å²) in [6.07, 6.45) is 3.30. The number of aliphatic imine (C=N–C) groups is 1. The maximum atomic E-state index is 9.76. The number of aliphatic hydroxyl groups is 1. The number of aliphatic hydroxyl groups excluding tert-OH is 1. The molecule has 2 aliphatic rings. The van der Waals surface area contributed by atoms with Crippen molar-refractivity contribution >= 4 is 5.96 Å². The predicted molar refractivity (Wildman–Crippen MR) is 107 cm³/mol. The molecule has 0 saturated carbocycles. The molecule has 1 aromatic carbocycles. The molecule has 5 heteroatoms. The first kappa shape index (κ1) is 19.2. The van der Waals surface area contributed by atoms with Crippen molar-refractivity contribution < 1.29 is 5.11 Å². The van der Waals surface area contributed by atoms with Gasteiger partial charge >= 0.3 is 0 Å². The molecule has 0 aliphatic carbocycles. The molecule has 1 unspecified atom stereocenters. The Morgan fingerprint density at radius 1 is 1.15 bits per heavy atom. The number of piperidine rings is 1. The second-order valence-electron chi connectivity index (χ2n) is 7.86. The van der Waals surface area contributed by atoms with Gasteiger partial charge in [-0.15, -0.1) is 0 Å². The van der Waals surface area contributed by atoms with E-state index in [0.717, 1.165) is 37.9 Å². The lowest BCUT2D eigenvalue weighted by Gasteiger charge is -2.30. The maximum Gasteiger partial charge on any atom is 0.194 e. The number of benzene rings is 1. The largest absolute Gasteiger partial charge is 0.391 e. The highest BCUT2D eigenvalue weighted by molar-refractivity contribution is 5.80. The highest BCUT2D eigenvalue weighted by atomic mass is 16.3. The van der Waals surface area contributed by atoms with E-state index in [2.05, 4.69) is 53.2 Å². The van der Waals surface area contributed by atoms with E-state index in [1.54, 1.807) is 0 Å². The third kappa shape index (κ3) is 5.45. The van der Waals surface area contributed by atoms with E-state index in [0.29, 0.717) is 13.1 Å². The molecule has 2 aliphatic heterocycles. The molecule has 2 heterocycles. The summed E-state index contributed by atoms with van der Waals surface area (Å²) in [7, 11) is 0. The lowest BCUT2D eigenvalue weighted by Crippen LogP contribution is -2.40. The third-order valence-electron chi connectivity index (χ3n) is 5.38. The molecule has 26 heavy (non-hydrogen) atoms. The van der Waals surface area contributed by atoms with Gasteiger partial charge in [0.25, 0.3) is 0 Å². The minimum Gasteiger partial charge on any atom is -0.391 e. The molecular formula is C21H34N4O. The highest BCUT2D eigenvalue weighted by Crippen LogP contribution is 2.18. The van der Waals surface area contributed by atoms with Gasteiger partial charge in [-0.1, -0.05) is 31.2 Å². The Morgan fingerprint density at radius 2 is 1.92 bits per heavy atom. The molecule has 2 atom stereocenters. The van der Waals surface area contributed by atoms with E-state index in [9.17, 15) is 5.11 Å². The summed E-state index contributed by atoms with van der Waals surface area (Å²) in [6.45, 7) is 11.0. The molecule has 0 aromatic heterocycles. The maximum absolute atomic E-state index is 9.76. The summed E-state index contributed by atoms with van der Waals surface area (Å²) < 4.78 is 0. The summed E-state index contributed by atoms with van der Waals surface area (Å²) in [5.41, 5.74) is 2.62. The van der Waals surface area contributed by atoms with E-state index in [1.807, 2.05) is 0 Å². The second-order valence-corrected chi connectivity index (χ2v) is 7.86. The molecule has 0 amide bonds. The minimum atomic E-state index is -0.226. The van der Waals surface area contributed by atoms with Gasteiger partial charge in [-0.3, -0.25) is 4.90 Å². The van der Waals surface area contributed by atoms with E-state index in [1.165, 1.54) is 37.1 Å². The number of nitrogens with zero attached hydrogens (tertiary/aromatic N) is 3. The van der Waals surface area contributed by atoms with Crippen LogP contribution < -0.4 is 5.32 Å². The molecular weight excluding hydrogens is 324 g/mol. The van der Waals surface area contributed by atoms with Gasteiger partial charge in [0, 0.05) is 32.7 Å². The summed E-state index contributed by atoms with van der Waals surface area (Å²) in [4.78, 5) is 9.49. The van der Waals surface area contributed by atoms with Crippen molar-refractivity contribution in [3.8, 4) is 0 Å². The van der Waals surface area contributed by atoms with Crippen LogP contribution in [-0.4, -0.2) is 59.7 Å². The first-order chi connectivity index (χ1) is 12.6. The van der Waals surface area contributed by atoms with Crippen LogP contribution in [0.5, 0.6) is 0 Å². The molecule has 5 nitrogen and oxygen atoms in total. The fourth-order valence-electron chi connectivity index (χ4n) is 3.96. The van der Waals surface area contributed by atoms with Crippen LogP contribution in [0.25, 0.3) is 0 Å². The third-order valence-corrected chi connectivity index (χ3v) is 5.38. The summed E-state index contributed by atoms with van der Waals surface area (Å²) in [5, 5.41) is 13.1. The molecule has 144 valence electrons.